The molecule has 3 aromatic carbocycles. The maximum absolute atomic E-state index is 13.2. The summed E-state index contributed by atoms with van der Waals surface area (Å²) in [7, 11) is 0. The molecule has 166 valence electrons. The summed E-state index contributed by atoms with van der Waals surface area (Å²) in [5.41, 5.74) is 0.406. The maximum Gasteiger partial charge on any atom is 0.416 e. The third kappa shape index (κ3) is 5.87. The van der Waals surface area contributed by atoms with Crippen molar-refractivity contribution in [2.75, 3.05) is 6.54 Å². The fraction of sp³-hybridized carbons (Fsp3) is 0.167. The van der Waals surface area contributed by atoms with Crippen molar-refractivity contribution in [3.63, 3.8) is 0 Å². The van der Waals surface area contributed by atoms with Crippen molar-refractivity contribution >= 4 is 11.9 Å². The highest BCUT2D eigenvalue weighted by Gasteiger charge is 2.31. The summed E-state index contributed by atoms with van der Waals surface area (Å²) in [6.45, 7) is 0.917. The molecule has 5 nitrogen and oxygen atoms in total. The summed E-state index contributed by atoms with van der Waals surface area (Å²) in [6, 6.07) is 17.9. The van der Waals surface area contributed by atoms with Crippen LogP contribution in [0.4, 0.5) is 13.2 Å². The van der Waals surface area contributed by atoms with E-state index in [9.17, 15) is 27.9 Å². The number of rotatable bonds is 7. The first-order valence-electron chi connectivity index (χ1n) is 9.64. The molecule has 3 aromatic rings. The van der Waals surface area contributed by atoms with Gasteiger partial charge in [-0.15, -0.1) is 0 Å². The van der Waals surface area contributed by atoms with E-state index in [1.54, 1.807) is 30.3 Å². The maximum atomic E-state index is 13.2. The normalized spacial score (nSPS) is 11.1. The molecule has 0 aliphatic carbocycles. The van der Waals surface area contributed by atoms with Gasteiger partial charge >= 0.3 is 12.1 Å². The third-order valence-electron chi connectivity index (χ3n) is 4.61. The number of carbonyl (C=O) groups is 2. The number of hydrogen-bond acceptors (Lipinski definition) is 3. The van der Waals surface area contributed by atoms with E-state index in [-0.39, 0.29) is 23.4 Å². The van der Waals surface area contributed by atoms with Crippen molar-refractivity contribution in [2.45, 2.75) is 19.6 Å². The van der Waals surface area contributed by atoms with E-state index >= 15 is 0 Å². The van der Waals surface area contributed by atoms with Crippen molar-refractivity contribution in [2.24, 2.45) is 0 Å². The quantitative estimate of drug-likeness (QED) is 0.521. The Morgan fingerprint density at radius 1 is 0.969 bits per heavy atom. The van der Waals surface area contributed by atoms with Gasteiger partial charge in [-0.25, -0.2) is 0 Å². The predicted octanol–water partition coefficient (Wildman–Crippen LogP) is 5.53. The number of ether oxygens (including phenoxy) is 1. The van der Waals surface area contributed by atoms with Gasteiger partial charge in [0.15, 0.2) is 0 Å². The number of para-hydroxylation sites is 1. The number of halogens is 3. The van der Waals surface area contributed by atoms with Crippen molar-refractivity contribution < 1.29 is 32.6 Å². The molecule has 0 saturated carbocycles. The van der Waals surface area contributed by atoms with Crippen molar-refractivity contribution in [1.82, 2.24) is 4.90 Å². The molecule has 0 spiro atoms. The van der Waals surface area contributed by atoms with Gasteiger partial charge in [-0.05, 0) is 48.9 Å². The second kappa shape index (κ2) is 9.55. The van der Waals surface area contributed by atoms with Gasteiger partial charge in [-0.2, -0.15) is 13.2 Å². The number of amides is 1. The standard InChI is InChI=1S/C24H20F3NO4/c1-16-9-11-19(12-10-16)32-21-8-3-2-7-20(21)23(31)28(15-22(29)30)14-17-5-4-6-18(13-17)24(25,26)27/h2-13H,14-15H2,1H3,(H,29,30). The smallest absolute Gasteiger partial charge is 0.416 e. The average molecular weight is 443 g/mol. The fourth-order valence-corrected chi connectivity index (χ4v) is 3.07. The molecule has 0 aliphatic rings. The van der Waals surface area contributed by atoms with E-state index in [2.05, 4.69) is 0 Å². The largest absolute Gasteiger partial charge is 0.480 e. The van der Waals surface area contributed by atoms with Gasteiger partial charge in [0, 0.05) is 6.54 Å². The van der Waals surface area contributed by atoms with Crippen LogP contribution in [-0.2, 0) is 17.5 Å². The van der Waals surface area contributed by atoms with Crippen LogP contribution in [0.2, 0.25) is 0 Å². The van der Waals surface area contributed by atoms with Crippen LogP contribution >= 0.6 is 0 Å². The van der Waals surface area contributed by atoms with Crippen LogP contribution in [0.3, 0.4) is 0 Å². The number of alkyl halides is 3. The Morgan fingerprint density at radius 3 is 2.31 bits per heavy atom. The van der Waals surface area contributed by atoms with Gasteiger partial charge in [-0.3, -0.25) is 9.59 Å². The van der Waals surface area contributed by atoms with Crippen molar-refractivity contribution in [3.05, 3.63) is 95.1 Å². The molecule has 3 rings (SSSR count). The second-order valence-corrected chi connectivity index (χ2v) is 7.16. The number of carbonyl (C=O) groups excluding carboxylic acids is 1. The van der Waals surface area contributed by atoms with Crippen LogP contribution in [0.1, 0.15) is 27.0 Å². The Kier molecular flexibility index (Phi) is 6.82. The summed E-state index contributed by atoms with van der Waals surface area (Å²) < 4.78 is 44.9. The number of hydrogen-bond donors (Lipinski definition) is 1. The first-order valence-corrected chi connectivity index (χ1v) is 9.64. The Bertz CT molecular complexity index is 1110. The van der Waals surface area contributed by atoms with E-state index in [1.165, 1.54) is 18.2 Å². The Balaban J connectivity index is 1.90. The molecule has 0 saturated heterocycles. The Hall–Kier alpha value is -3.81. The first kappa shape index (κ1) is 22.9. The minimum Gasteiger partial charge on any atom is -0.480 e. The number of carboxylic acid groups (broad SMARTS) is 1. The first-order chi connectivity index (χ1) is 15.1. The van der Waals surface area contributed by atoms with E-state index in [4.69, 9.17) is 4.74 Å². The summed E-state index contributed by atoms with van der Waals surface area (Å²) in [5, 5.41) is 9.27. The molecule has 0 unspecified atom stereocenters. The Labute approximate surface area is 182 Å². The molecule has 1 N–H and O–H groups in total. The molecule has 0 heterocycles. The van der Waals surface area contributed by atoms with Gasteiger partial charge in [0.2, 0.25) is 0 Å². The number of nitrogens with zero attached hydrogens (tertiary/aromatic N) is 1. The molecular formula is C24H20F3NO4. The Morgan fingerprint density at radius 2 is 1.66 bits per heavy atom. The highest BCUT2D eigenvalue weighted by atomic mass is 19.4. The lowest BCUT2D eigenvalue weighted by molar-refractivity contribution is -0.139. The molecule has 1 amide bonds. The van der Waals surface area contributed by atoms with Crippen molar-refractivity contribution in [3.8, 4) is 11.5 Å². The molecule has 8 heteroatoms. The van der Waals surface area contributed by atoms with Gasteiger partial charge < -0.3 is 14.7 Å². The van der Waals surface area contributed by atoms with E-state index in [1.807, 2.05) is 19.1 Å². The summed E-state index contributed by atoms with van der Waals surface area (Å²) in [6.07, 6.45) is -4.55. The highest BCUT2D eigenvalue weighted by molar-refractivity contribution is 5.98. The molecule has 0 atom stereocenters. The van der Waals surface area contributed by atoms with Crippen LogP contribution in [0, 0.1) is 6.92 Å². The molecule has 32 heavy (non-hydrogen) atoms. The minimum absolute atomic E-state index is 0.0984. The number of benzene rings is 3. The molecule has 0 bridgehead atoms. The second-order valence-electron chi connectivity index (χ2n) is 7.16. The molecule has 0 radical (unpaired) electrons. The number of aryl methyl sites for hydroxylation is 1. The fourth-order valence-electron chi connectivity index (χ4n) is 3.07. The lowest BCUT2D eigenvalue weighted by Gasteiger charge is -2.22. The monoisotopic (exact) mass is 443 g/mol. The molecule has 0 aliphatic heterocycles. The van der Waals surface area contributed by atoms with Crippen LogP contribution < -0.4 is 4.74 Å². The van der Waals surface area contributed by atoms with E-state index < -0.39 is 30.2 Å². The summed E-state index contributed by atoms with van der Waals surface area (Å²) in [4.78, 5) is 25.5. The van der Waals surface area contributed by atoms with Gasteiger partial charge in [0.25, 0.3) is 5.91 Å². The zero-order valence-electron chi connectivity index (χ0n) is 17.1. The average Bonchev–Trinajstić information content (AvgIpc) is 2.74. The number of carboxylic acids is 1. The van der Waals surface area contributed by atoms with E-state index in [0.717, 1.165) is 22.6 Å². The summed E-state index contributed by atoms with van der Waals surface area (Å²) in [5.74, 6) is -1.27. The lowest BCUT2D eigenvalue weighted by atomic mass is 10.1. The minimum atomic E-state index is -4.55. The topological polar surface area (TPSA) is 66.8 Å². The van der Waals surface area contributed by atoms with Crippen LogP contribution in [-0.4, -0.2) is 28.4 Å². The zero-order valence-corrected chi connectivity index (χ0v) is 17.1. The van der Waals surface area contributed by atoms with Gasteiger partial charge in [-0.1, -0.05) is 42.0 Å². The van der Waals surface area contributed by atoms with Crippen LogP contribution in [0.15, 0.2) is 72.8 Å². The van der Waals surface area contributed by atoms with Gasteiger partial charge in [0.05, 0.1) is 11.1 Å². The summed E-state index contributed by atoms with van der Waals surface area (Å²) >= 11 is 0. The van der Waals surface area contributed by atoms with E-state index in [0.29, 0.717) is 5.75 Å². The molecule has 0 aromatic heterocycles. The molecule has 0 fully saturated rings. The van der Waals surface area contributed by atoms with Gasteiger partial charge in [0.1, 0.15) is 18.0 Å². The SMILES string of the molecule is Cc1ccc(Oc2ccccc2C(=O)N(CC(=O)O)Cc2cccc(C(F)(F)F)c2)cc1. The third-order valence-corrected chi connectivity index (χ3v) is 4.61. The van der Waals surface area contributed by atoms with Crippen LogP contribution in [0.25, 0.3) is 0 Å². The lowest BCUT2D eigenvalue weighted by Crippen LogP contribution is -2.35. The number of aliphatic carboxylic acids is 1. The van der Waals surface area contributed by atoms with Crippen molar-refractivity contribution in [1.29, 1.82) is 0 Å². The zero-order chi connectivity index (χ0) is 23.3. The van der Waals surface area contributed by atoms with Crippen LogP contribution in [0.5, 0.6) is 11.5 Å². The predicted molar refractivity (Wildman–Crippen MR) is 112 cm³/mol. The molecular weight excluding hydrogens is 423 g/mol. The highest BCUT2D eigenvalue weighted by Crippen LogP contribution is 2.30.